The minimum Gasteiger partial charge on any atom is -0.481 e. The molecule has 0 bridgehead atoms. The molecule has 0 aromatic carbocycles. The van der Waals surface area contributed by atoms with Gasteiger partial charge in [-0.1, -0.05) is 13.0 Å². The molecule has 0 aromatic heterocycles. The Morgan fingerprint density at radius 3 is 3.00 bits per heavy atom. The van der Waals surface area contributed by atoms with Gasteiger partial charge in [-0.25, -0.2) is 0 Å². The largest absolute Gasteiger partial charge is 0.481 e. The van der Waals surface area contributed by atoms with Crippen molar-refractivity contribution in [1.82, 2.24) is 0 Å². The van der Waals surface area contributed by atoms with E-state index in [0.717, 1.165) is 12.4 Å². The molecule has 2 heteroatoms. The van der Waals surface area contributed by atoms with Gasteiger partial charge >= 0.3 is 0 Å². The topological polar surface area (TPSA) is 21.6 Å². The van der Waals surface area contributed by atoms with Crippen LogP contribution in [-0.2, 0) is 4.74 Å². The zero-order valence-corrected chi connectivity index (χ0v) is 5.79. The predicted molar refractivity (Wildman–Crippen MR) is 37.6 cm³/mol. The number of ether oxygens (including phenoxy) is 1. The Kier molecular flexibility index (Phi) is 1.88. The Morgan fingerprint density at radius 1 is 1.78 bits per heavy atom. The first-order chi connectivity index (χ1) is 4.33. The van der Waals surface area contributed by atoms with E-state index in [-0.39, 0.29) is 0 Å². The summed E-state index contributed by atoms with van der Waals surface area (Å²) >= 11 is 0. The van der Waals surface area contributed by atoms with Crippen LogP contribution in [0, 0.1) is 5.92 Å². The lowest BCUT2D eigenvalue weighted by molar-refractivity contribution is 0.401. The molecule has 1 aliphatic rings. The van der Waals surface area contributed by atoms with Crippen LogP contribution < -0.4 is 0 Å². The number of hydrogen-bond acceptors (Lipinski definition) is 2. The minimum absolute atomic E-state index is 0.573. The molecule has 1 heterocycles. The zero-order chi connectivity index (χ0) is 6.69. The standard InChI is InChI=1S/C7H11NO/c1-6-3-4-7(9-2)8-5-6/h3-4,6H,5H2,1-2H3/t6-/m1/s1. The number of rotatable bonds is 0. The third kappa shape index (κ3) is 1.56. The minimum atomic E-state index is 0.573. The van der Waals surface area contributed by atoms with Gasteiger partial charge in [0.1, 0.15) is 0 Å². The fourth-order valence-corrected chi connectivity index (χ4v) is 0.727. The molecule has 0 saturated carbocycles. The highest BCUT2D eigenvalue weighted by Crippen LogP contribution is 2.04. The van der Waals surface area contributed by atoms with Crippen LogP contribution in [0.25, 0.3) is 0 Å². The van der Waals surface area contributed by atoms with Crippen LogP contribution >= 0.6 is 0 Å². The molecule has 0 amide bonds. The van der Waals surface area contributed by atoms with Gasteiger partial charge in [-0.05, 0) is 12.0 Å². The Balaban J connectivity index is 2.52. The molecule has 1 atom stereocenters. The average molecular weight is 125 g/mol. The van der Waals surface area contributed by atoms with Gasteiger partial charge in [0, 0.05) is 6.54 Å². The molecule has 0 radical (unpaired) electrons. The number of hydrogen-bond donors (Lipinski definition) is 0. The summed E-state index contributed by atoms with van der Waals surface area (Å²) < 4.78 is 4.90. The molecule has 9 heavy (non-hydrogen) atoms. The number of aliphatic imine (C=N–C) groups is 1. The second kappa shape index (κ2) is 2.67. The van der Waals surface area contributed by atoms with Crippen molar-refractivity contribution in [1.29, 1.82) is 0 Å². The number of methoxy groups -OCH3 is 1. The first-order valence-corrected chi connectivity index (χ1v) is 3.09. The molecule has 2 nitrogen and oxygen atoms in total. The lowest BCUT2D eigenvalue weighted by atomic mass is 10.1. The van der Waals surface area contributed by atoms with E-state index in [1.54, 1.807) is 7.11 Å². The van der Waals surface area contributed by atoms with E-state index in [1.807, 2.05) is 6.08 Å². The fourth-order valence-electron chi connectivity index (χ4n) is 0.727. The normalized spacial score (nSPS) is 25.6. The first kappa shape index (κ1) is 6.33. The maximum Gasteiger partial charge on any atom is 0.207 e. The smallest absolute Gasteiger partial charge is 0.207 e. The first-order valence-electron chi connectivity index (χ1n) is 3.09. The highest BCUT2D eigenvalue weighted by molar-refractivity contribution is 5.88. The Hall–Kier alpha value is -0.790. The molecular formula is C7H11NO. The van der Waals surface area contributed by atoms with Gasteiger partial charge in [0.05, 0.1) is 7.11 Å². The van der Waals surface area contributed by atoms with Crippen LogP contribution in [-0.4, -0.2) is 19.6 Å². The van der Waals surface area contributed by atoms with E-state index in [1.165, 1.54) is 0 Å². The van der Waals surface area contributed by atoms with Crippen molar-refractivity contribution in [3.8, 4) is 0 Å². The summed E-state index contributed by atoms with van der Waals surface area (Å²) in [6.45, 7) is 2.99. The molecule has 50 valence electrons. The number of nitrogens with zero attached hydrogens (tertiary/aromatic N) is 1. The van der Waals surface area contributed by atoms with Crippen molar-refractivity contribution in [2.75, 3.05) is 13.7 Å². The van der Waals surface area contributed by atoms with Crippen LogP contribution in [0.3, 0.4) is 0 Å². The van der Waals surface area contributed by atoms with Gasteiger partial charge in [0.25, 0.3) is 0 Å². The molecule has 0 saturated heterocycles. The van der Waals surface area contributed by atoms with E-state index in [9.17, 15) is 0 Å². The van der Waals surface area contributed by atoms with Crippen molar-refractivity contribution in [2.24, 2.45) is 10.9 Å². The van der Waals surface area contributed by atoms with E-state index >= 15 is 0 Å². The van der Waals surface area contributed by atoms with Crippen molar-refractivity contribution < 1.29 is 4.74 Å². The maximum absolute atomic E-state index is 4.90. The third-order valence-electron chi connectivity index (χ3n) is 1.31. The predicted octanol–water partition coefficient (Wildman–Crippen LogP) is 1.24. The third-order valence-corrected chi connectivity index (χ3v) is 1.31. The van der Waals surface area contributed by atoms with Gasteiger partial charge in [0.2, 0.25) is 5.90 Å². The lowest BCUT2D eigenvalue weighted by Crippen LogP contribution is -2.07. The van der Waals surface area contributed by atoms with E-state index in [0.29, 0.717) is 5.92 Å². The molecule has 0 fully saturated rings. The van der Waals surface area contributed by atoms with Crippen molar-refractivity contribution >= 4 is 5.90 Å². The van der Waals surface area contributed by atoms with Gasteiger partial charge in [0.15, 0.2) is 0 Å². The van der Waals surface area contributed by atoms with Gasteiger partial charge in [-0.15, -0.1) is 0 Å². The molecule has 1 rings (SSSR count). The summed E-state index contributed by atoms with van der Waals surface area (Å²) in [7, 11) is 1.64. The quantitative estimate of drug-likeness (QED) is 0.477. The highest BCUT2D eigenvalue weighted by Gasteiger charge is 2.02. The van der Waals surface area contributed by atoms with Crippen molar-refractivity contribution in [2.45, 2.75) is 6.92 Å². The molecule has 0 aliphatic carbocycles. The van der Waals surface area contributed by atoms with Gasteiger partial charge in [-0.3, -0.25) is 4.99 Å². The summed E-state index contributed by atoms with van der Waals surface area (Å²) in [4.78, 5) is 4.14. The van der Waals surface area contributed by atoms with E-state index in [4.69, 9.17) is 4.74 Å². The average Bonchev–Trinajstić information content (AvgIpc) is 1.90. The Bertz CT molecular complexity index is 149. The summed E-state index contributed by atoms with van der Waals surface area (Å²) in [6.07, 6.45) is 4.01. The summed E-state index contributed by atoms with van der Waals surface area (Å²) in [5, 5.41) is 0. The summed E-state index contributed by atoms with van der Waals surface area (Å²) in [6, 6.07) is 0. The second-order valence-corrected chi connectivity index (χ2v) is 2.22. The molecule has 0 unspecified atom stereocenters. The molecule has 0 aromatic rings. The van der Waals surface area contributed by atoms with Crippen LogP contribution in [0.4, 0.5) is 0 Å². The summed E-state index contributed by atoms with van der Waals surface area (Å²) in [5.74, 6) is 1.32. The molecule has 0 spiro atoms. The second-order valence-electron chi connectivity index (χ2n) is 2.22. The van der Waals surface area contributed by atoms with Gasteiger partial charge in [-0.2, -0.15) is 0 Å². The van der Waals surface area contributed by atoms with Crippen LogP contribution in [0.15, 0.2) is 17.1 Å². The van der Waals surface area contributed by atoms with Crippen LogP contribution in [0.1, 0.15) is 6.92 Å². The molecule has 1 aliphatic heterocycles. The van der Waals surface area contributed by atoms with Crippen molar-refractivity contribution in [3.63, 3.8) is 0 Å². The lowest BCUT2D eigenvalue weighted by Gasteiger charge is -2.08. The number of dihydropyridines is 1. The molecular weight excluding hydrogens is 114 g/mol. The van der Waals surface area contributed by atoms with Crippen molar-refractivity contribution in [3.05, 3.63) is 12.2 Å². The zero-order valence-electron chi connectivity index (χ0n) is 5.79. The fraction of sp³-hybridized carbons (Fsp3) is 0.571. The Labute approximate surface area is 55.2 Å². The Morgan fingerprint density at radius 2 is 2.56 bits per heavy atom. The summed E-state index contributed by atoms with van der Waals surface area (Å²) in [5.41, 5.74) is 0. The highest BCUT2D eigenvalue weighted by atomic mass is 16.5. The maximum atomic E-state index is 4.90. The monoisotopic (exact) mass is 125 g/mol. The van der Waals surface area contributed by atoms with Gasteiger partial charge < -0.3 is 4.74 Å². The van der Waals surface area contributed by atoms with Crippen LogP contribution in [0.2, 0.25) is 0 Å². The SMILES string of the molecule is COC1=NC[C@H](C)C=C1. The molecule has 0 N–H and O–H groups in total. The van der Waals surface area contributed by atoms with Crippen LogP contribution in [0.5, 0.6) is 0 Å². The van der Waals surface area contributed by atoms with E-state index < -0.39 is 0 Å². The van der Waals surface area contributed by atoms with E-state index in [2.05, 4.69) is 18.0 Å².